The summed E-state index contributed by atoms with van der Waals surface area (Å²) >= 11 is 0. The molecule has 0 N–H and O–H groups in total. The summed E-state index contributed by atoms with van der Waals surface area (Å²) in [4.78, 5) is 4.36. The summed E-state index contributed by atoms with van der Waals surface area (Å²) in [5, 5.41) is 0. The molecule has 2 aromatic rings. The zero-order chi connectivity index (χ0) is 15.8. The Hall–Kier alpha value is -1.90. The maximum Gasteiger partial charge on any atom is 0.136 e. The number of aromatic nitrogens is 1. The standard InChI is InChI=1S/C19H24FNO/c1-3-5-6-12-22-16-9-10-17(18(20)13-16)19-11-8-15(7-4-2)14-21-19/h8-11,13-14H,3-7,12H2,1-2H3. The molecule has 2 nitrogen and oxygen atoms in total. The van der Waals surface area contributed by atoms with Crippen molar-refractivity contribution in [3.63, 3.8) is 0 Å². The van der Waals surface area contributed by atoms with Gasteiger partial charge in [-0.15, -0.1) is 0 Å². The molecule has 1 aromatic carbocycles. The molecule has 2 rings (SSSR count). The second kappa shape index (κ2) is 8.52. The molecule has 0 saturated carbocycles. The van der Waals surface area contributed by atoms with Crippen molar-refractivity contribution in [2.75, 3.05) is 6.61 Å². The third kappa shape index (κ3) is 4.55. The Morgan fingerprint density at radius 3 is 2.55 bits per heavy atom. The van der Waals surface area contributed by atoms with Gasteiger partial charge in [0.15, 0.2) is 0 Å². The highest BCUT2D eigenvalue weighted by molar-refractivity contribution is 5.61. The van der Waals surface area contributed by atoms with E-state index in [-0.39, 0.29) is 5.82 Å². The molecule has 1 aromatic heterocycles. The first-order valence-electron chi connectivity index (χ1n) is 8.12. The lowest BCUT2D eigenvalue weighted by molar-refractivity contribution is 0.305. The van der Waals surface area contributed by atoms with E-state index in [2.05, 4.69) is 18.8 Å². The van der Waals surface area contributed by atoms with Crippen LogP contribution in [0.4, 0.5) is 4.39 Å². The van der Waals surface area contributed by atoms with Crippen molar-refractivity contribution in [3.05, 3.63) is 47.9 Å². The van der Waals surface area contributed by atoms with Crippen LogP contribution < -0.4 is 4.74 Å². The Morgan fingerprint density at radius 1 is 1.05 bits per heavy atom. The van der Waals surface area contributed by atoms with Crippen molar-refractivity contribution in [1.29, 1.82) is 0 Å². The number of nitrogens with zero attached hydrogens (tertiary/aromatic N) is 1. The zero-order valence-electron chi connectivity index (χ0n) is 13.4. The summed E-state index contributed by atoms with van der Waals surface area (Å²) in [6.07, 6.45) is 7.19. The SMILES string of the molecule is CCCCCOc1ccc(-c2ccc(CCC)cn2)c(F)c1. The lowest BCUT2D eigenvalue weighted by Gasteiger charge is -2.08. The first-order valence-corrected chi connectivity index (χ1v) is 8.12. The fraction of sp³-hybridized carbons (Fsp3) is 0.421. The van der Waals surface area contributed by atoms with Crippen molar-refractivity contribution >= 4 is 0 Å². The molecule has 0 aliphatic rings. The minimum atomic E-state index is -0.288. The van der Waals surface area contributed by atoms with Gasteiger partial charge in [-0.1, -0.05) is 39.2 Å². The number of unbranched alkanes of at least 4 members (excludes halogenated alkanes) is 2. The number of aryl methyl sites for hydroxylation is 1. The fourth-order valence-electron chi connectivity index (χ4n) is 2.36. The second-order valence-corrected chi connectivity index (χ2v) is 5.50. The van der Waals surface area contributed by atoms with Crippen LogP contribution in [-0.2, 0) is 6.42 Å². The van der Waals surface area contributed by atoms with Crippen LogP contribution in [0.5, 0.6) is 5.75 Å². The van der Waals surface area contributed by atoms with Gasteiger partial charge < -0.3 is 4.74 Å². The lowest BCUT2D eigenvalue weighted by atomic mass is 10.1. The molecular weight excluding hydrogens is 277 g/mol. The van der Waals surface area contributed by atoms with Crippen LogP contribution >= 0.6 is 0 Å². The predicted molar refractivity (Wildman–Crippen MR) is 88.6 cm³/mol. The molecule has 0 aliphatic heterocycles. The number of hydrogen-bond acceptors (Lipinski definition) is 2. The van der Waals surface area contributed by atoms with Crippen LogP contribution in [0, 0.1) is 5.82 Å². The maximum atomic E-state index is 14.2. The lowest BCUT2D eigenvalue weighted by Crippen LogP contribution is -1.98. The molecule has 0 fully saturated rings. The van der Waals surface area contributed by atoms with Gasteiger partial charge in [0.2, 0.25) is 0 Å². The Morgan fingerprint density at radius 2 is 1.91 bits per heavy atom. The molecule has 0 aliphatic carbocycles. The molecule has 0 spiro atoms. The van der Waals surface area contributed by atoms with E-state index in [9.17, 15) is 4.39 Å². The molecule has 0 amide bonds. The van der Waals surface area contributed by atoms with E-state index in [1.807, 2.05) is 24.4 Å². The number of ether oxygens (including phenoxy) is 1. The quantitative estimate of drug-likeness (QED) is 0.608. The second-order valence-electron chi connectivity index (χ2n) is 5.50. The largest absolute Gasteiger partial charge is 0.493 e. The summed E-state index contributed by atoms with van der Waals surface area (Å²) in [5.74, 6) is 0.295. The summed E-state index contributed by atoms with van der Waals surface area (Å²) in [6.45, 7) is 4.91. The highest BCUT2D eigenvalue weighted by Crippen LogP contribution is 2.25. The minimum absolute atomic E-state index is 0.288. The first kappa shape index (κ1) is 16.5. The average Bonchev–Trinajstić information content (AvgIpc) is 2.53. The Balaban J connectivity index is 2.05. The molecule has 0 atom stereocenters. The monoisotopic (exact) mass is 301 g/mol. The molecule has 1 heterocycles. The summed E-state index contributed by atoms with van der Waals surface area (Å²) in [7, 11) is 0. The molecular formula is C19H24FNO. The van der Waals surface area contributed by atoms with Crippen molar-refractivity contribution in [2.45, 2.75) is 46.0 Å². The van der Waals surface area contributed by atoms with Crippen LogP contribution in [0.15, 0.2) is 36.5 Å². The Kier molecular flexibility index (Phi) is 6.38. The van der Waals surface area contributed by atoms with Crippen molar-refractivity contribution < 1.29 is 9.13 Å². The van der Waals surface area contributed by atoms with Gasteiger partial charge in [-0.25, -0.2) is 4.39 Å². The molecule has 0 saturated heterocycles. The van der Waals surface area contributed by atoms with Crippen molar-refractivity contribution in [2.24, 2.45) is 0 Å². The summed E-state index contributed by atoms with van der Waals surface area (Å²) < 4.78 is 19.8. The van der Waals surface area contributed by atoms with Crippen LogP contribution in [-0.4, -0.2) is 11.6 Å². The van der Waals surface area contributed by atoms with Gasteiger partial charge in [-0.3, -0.25) is 4.98 Å². The third-order valence-electron chi connectivity index (χ3n) is 3.60. The first-order chi connectivity index (χ1) is 10.7. The average molecular weight is 301 g/mol. The van der Waals surface area contributed by atoms with Crippen LogP contribution in [0.3, 0.4) is 0 Å². The van der Waals surface area contributed by atoms with E-state index in [0.29, 0.717) is 23.6 Å². The van der Waals surface area contributed by atoms with Crippen LogP contribution in [0.1, 0.15) is 45.1 Å². The van der Waals surface area contributed by atoms with Crippen LogP contribution in [0.2, 0.25) is 0 Å². The van der Waals surface area contributed by atoms with E-state index in [1.54, 1.807) is 6.07 Å². The highest BCUT2D eigenvalue weighted by atomic mass is 19.1. The molecule has 3 heteroatoms. The molecule has 22 heavy (non-hydrogen) atoms. The molecule has 118 valence electrons. The fourth-order valence-corrected chi connectivity index (χ4v) is 2.36. The van der Waals surface area contributed by atoms with E-state index in [1.165, 1.54) is 11.6 Å². The van der Waals surface area contributed by atoms with Crippen molar-refractivity contribution in [1.82, 2.24) is 4.98 Å². The van der Waals surface area contributed by atoms with Gasteiger partial charge >= 0.3 is 0 Å². The Labute approximate surface area is 132 Å². The zero-order valence-corrected chi connectivity index (χ0v) is 13.4. The Bertz CT molecular complexity index is 580. The van der Waals surface area contributed by atoms with Gasteiger partial charge in [0, 0.05) is 17.8 Å². The van der Waals surface area contributed by atoms with Crippen molar-refractivity contribution in [3.8, 4) is 17.0 Å². The van der Waals surface area contributed by atoms with Gasteiger partial charge in [-0.05, 0) is 36.6 Å². The number of pyridine rings is 1. The smallest absolute Gasteiger partial charge is 0.136 e. The predicted octanol–water partition coefficient (Wildman–Crippen LogP) is 5.41. The normalized spacial score (nSPS) is 10.7. The molecule has 0 unspecified atom stereocenters. The molecule has 0 radical (unpaired) electrons. The summed E-state index contributed by atoms with van der Waals surface area (Å²) in [6, 6.07) is 8.90. The number of hydrogen-bond donors (Lipinski definition) is 0. The maximum absolute atomic E-state index is 14.2. The van der Waals surface area contributed by atoms with E-state index in [0.717, 1.165) is 32.1 Å². The van der Waals surface area contributed by atoms with Gasteiger partial charge in [0.05, 0.1) is 12.3 Å². The number of rotatable bonds is 8. The van der Waals surface area contributed by atoms with E-state index in [4.69, 9.17) is 4.74 Å². The van der Waals surface area contributed by atoms with Gasteiger partial charge in [-0.2, -0.15) is 0 Å². The minimum Gasteiger partial charge on any atom is -0.493 e. The highest BCUT2D eigenvalue weighted by Gasteiger charge is 2.08. The summed E-state index contributed by atoms with van der Waals surface area (Å²) in [5.41, 5.74) is 2.36. The van der Waals surface area contributed by atoms with Gasteiger partial charge in [0.25, 0.3) is 0 Å². The number of benzene rings is 1. The van der Waals surface area contributed by atoms with E-state index >= 15 is 0 Å². The topological polar surface area (TPSA) is 22.1 Å². The molecule has 0 bridgehead atoms. The number of halogens is 1. The van der Waals surface area contributed by atoms with Crippen LogP contribution in [0.25, 0.3) is 11.3 Å². The van der Waals surface area contributed by atoms with Gasteiger partial charge in [0.1, 0.15) is 11.6 Å². The van der Waals surface area contributed by atoms with E-state index < -0.39 is 0 Å². The third-order valence-corrected chi connectivity index (χ3v) is 3.60.